The van der Waals surface area contributed by atoms with Crippen molar-refractivity contribution in [2.45, 2.75) is 32.2 Å². The highest BCUT2D eigenvalue weighted by Gasteiger charge is 2.34. The smallest absolute Gasteiger partial charge is 0.239 e. The van der Waals surface area contributed by atoms with Gasteiger partial charge in [0.05, 0.1) is 6.04 Å². The molecule has 80 valence electrons. The minimum atomic E-state index is 0.0846. The lowest BCUT2D eigenvalue weighted by molar-refractivity contribution is -0.129. The molecule has 1 aliphatic heterocycles. The largest absolute Gasteiger partial charge is 0.341 e. The van der Waals surface area contributed by atoms with Crippen LogP contribution in [0.5, 0.6) is 0 Å². The normalized spacial score (nSPS) is 29.7. The maximum Gasteiger partial charge on any atom is 0.239 e. The number of nitrogens with zero attached hydrogens (tertiary/aromatic N) is 1. The van der Waals surface area contributed by atoms with E-state index in [4.69, 9.17) is 0 Å². The summed E-state index contributed by atoms with van der Waals surface area (Å²) in [4.78, 5) is 13.8. The quantitative estimate of drug-likeness (QED) is 0.723. The summed E-state index contributed by atoms with van der Waals surface area (Å²) < 4.78 is 0. The molecule has 1 heterocycles. The van der Waals surface area contributed by atoms with Crippen LogP contribution in [0.2, 0.25) is 0 Å². The van der Waals surface area contributed by atoms with E-state index in [1.54, 1.807) is 0 Å². The first kappa shape index (κ1) is 9.97. The third kappa shape index (κ3) is 1.92. The van der Waals surface area contributed by atoms with Crippen LogP contribution in [0.4, 0.5) is 0 Å². The van der Waals surface area contributed by atoms with Gasteiger partial charge in [-0.1, -0.05) is 6.92 Å². The predicted octanol–water partition coefficient (Wildman–Crippen LogP) is 0.853. The Kier molecular flexibility index (Phi) is 2.77. The highest BCUT2D eigenvalue weighted by Crippen LogP contribution is 2.37. The standard InChI is InChI=1S/C11H20N2O/c1-8(9-3-4-9)7-13-6-5-10(12-2)11(13)14/h8-10,12H,3-7H2,1-2H3. The molecule has 0 spiro atoms. The Hall–Kier alpha value is -0.570. The Morgan fingerprint density at radius 2 is 2.21 bits per heavy atom. The average Bonchev–Trinajstić information content (AvgIpc) is 2.95. The van der Waals surface area contributed by atoms with Gasteiger partial charge in [-0.05, 0) is 38.1 Å². The van der Waals surface area contributed by atoms with Crippen molar-refractivity contribution in [2.24, 2.45) is 11.8 Å². The van der Waals surface area contributed by atoms with Crippen LogP contribution in [0.3, 0.4) is 0 Å². The Morgan fingerprint density at radius 3 is 2.71 bits per heavy atom. The molecular formula is C11H20N2O. The van der Waals surface area contributed by atoms with E-state index in [0.717, 1.165) is 25.4 Å². The van der Waals surface area contributed by atoms with E-state index in [1.165, 1.54) is 12.8 Å². The van der Waals surface area contributed by atoms with Gasteiger partial charge in [-0.2, -0.15) is 0 Å². The van der Waals surface area contributed by atoms with Gasteiger partial charge in [0.2, 0.25) is 5.91 Å². The first-order valence-electron chi connectivity index (χ1n) is 5.68. The van der Waals surface area contributed by atoms with Crippen molar-refractivity contribution in [1.29, 1.82) is 0 Å². The van der Waals surface area contributed by atoms with E-state index in [9.17, 15) is 4.79 Å². The monoisotopic (exact) mass is 196 g/mol. The van der Waals surface area contributed by atoms with Crippen LogP contribution in [0.1, 0.15) is 26.2 Å². The molecular weight excluding hydrogens is 176 g/mol. The summed E-state index contributed by atoms with van der Waals surface area (Å²) in [7, 11) is 1.87. The Labute approximate surface area is 85.8 Å². The zero-order valence-electron chi connectivity index (χ0n) is 9.12. The molecule has 2 aliphatic rings. The number of amides is 1. The Balaban J connectivity index is 1.83. The first-order chi connectivity index (χ1) is 6.72. The van der Waals surface area contributed by atoms with Crippen LogP contribution in [-0.4, -0.2) is 37.0 Å². The average molecular weight is 196 g/mol. The van der Waals surface area contributed by atoms with Crippen molar-refractivity contribution >= 4 is 5.91 Å². The van der Waals surface area contributed by atoms with Gasteiger partial charge in [0.25, 0.3) is 0 Å². The summed E-state index contributed by atoms with van der Waals surface area (Å²) in [6, 6.07) is 0.0846. The van der Waals surface area contributed by atoms with Gasteiger partial charge >= 0.3 is 0 Å². The first-order valence-corrected chi connectivity index (χ1v) is 5.68. The number of carbonyl (C=O) groups is 1. The van der Waals surface area contributed by atoms with Gasteiger partial charge < -0.3 is 10.2 Å². The van der Waals surface area contributed by atoms with Gasteiger partial charge in [0, 0.05) is 13.1 Å². The fraction of sp³-hybridized carbons (Fsp3) is 0.909. The van der Waals surface area contributed by atoms with E-state index in [0.29, 0.717) is 11.8 Å². The molecule has 1 aliphatic carbocycles. The highest BCUT2D eigenvalue weighted by molar-refractivity contribution is 5.83. The zero-order chi connectivity index (χ0) is 10.1. The third-order valence-corrected chi connectivity index (χ3v) is 3.58. The van der Waals surface area contributed by atoms with Crippen molar-refractivity contribution in [3.05, 3.63) is 0 Å². The third-order valence-electron chi connectivity index (χ3n) is 3.58. The van der Waals surface area contributed by atoms with Crippen molar-refractivity contribution in [1.82, 2.24) is 10.2 Å². The molecule has 2 rings (SSSR count). The number of rotatable bonds is 4. The number of hydrogen-bond donors (Lipinski definition) is 1. The van der Waals surface area contributed by atoms with Gasteiger partial charge in [0.1, 0.15) is 0 Å². The Morgan fingerprint density at radius 1 is 1.50 bits per heavy atom. The lowest BCUT2D eigenvalue weighted by Crippen LogP contribution is -2.38. The number of likely N-dealkylation sites (N-methyl/N-ethyl adjacent to an activating group) is 1. The summed E-state index contributed by atoms with van der Waals surface area (Å²) in [5.41, 5.74) is 0. The van der Waals surface area contributed by atoms with Crippen LogP contribution in [0.15, 0.2) is 0 Å². The number of carbonyl (C=O) groups excluding carboxylic acids is 1. The number of likely N-dealkylation sites (tertiary alicyclic amines) is 1. The van der Waals surface area contributed by atoms with Gasteiger partial charge in [0.15, 0.2) is 0 Å². The van der Waals surface area contributed by atoms with Crippen LogP contribution >= 0.6 is 0 Å². The lowest BCUT2D eigenvalue weighted by Gasteiger charge is -2.21. The summed E-state index contributed by atoms with van der Waals surface area (Å²) >= 11 is 0. The number of nitrogens with one attached hydrogen (secondary N) is 1. The second kappa shape index (κ2) is 3.89. The Bertz CT molecular complexity index is 225. The minimum absolute atomic E-state index is 0.0846. The maximum absolute atomic E-state index is 11.8. The molecule has 14 heavy (non-hydrogen) atoms. The fourth-order valence-corrected chi connectivity index (χ4v) is 2.35. The van der Waals surface area contributed by atoms with E-state index in [1.807, 2.05) is 11.9 Å². The summed E-state index contributed by atoms with van der Waals surface area (Å²) in [5, 5.41) is 3.07. The minimum Gasteiger partial charge on any atom is -0.341 e. The van der Waals surface area contributed by atoms with Crippen molar-refractivity contribution < 1.29 is 4.79 Å². The summed E-state index contributed by atoms with van der Waals surface area (Å²) in [6.45, 7) is 4.20. The molecule has 1 N–H and O–H groups in total. The van der Waals surface area contributed by atoms with Gasteiger partial charge in [-0.25, -0.2) is 0 Å². The molecule has 1 saturated carbocycles. The maximum atomic E-state index is 11.8. The molecule has 2 fully saturated rings. The molecule has 0 aromatic carbocycles. The molecule has 0 aromatic heterocycles. The van der Waals surface area contributed by atoms with E-state index in [2.05, 4.69) is 12.2 Å². The van der Waals surface area contributed by atoms with E-state index >= 15 is 0 Å². The second-order valence-corrected chi connectivity index (χ2v) is 4.73. The predicted molar refractivity (Wildman–Crippen MR) is 55.9 cm³/mol. The second-order valence-electron chi connectivity index (χ2n) is 4.73. The van der Waals surface area contributed by atoms with Crippen LogP contribution in [0.25, 0.3) is 0 Å². The lowest BCUT2D eigenvalue weighted by atomic mass is 10.1. The molecule has 2 unspecified atom stereocenters. The molecule has 1 saturated heterocycles. The highest BCUT2D eigenvalue weighted by atomic mass is 16.2. The molecule has 3 heteroatoms. The van der Waals surface area contributed by atoms with Crippen molar-refractivity contribution in [3.63, 3.8) is 0 Å². The topological polar surface area (TPSA) is 32.3 Å². The molecule has 2 atom stereocenters. The van der Waals surface area contributed by atoms with Gasteiger partial charge in [-0.3, -0.25) is 4.79 Å². The summed E-state index contributed by atoms with van der Waals surface area (Å²) in [5.74, 6) is 1.91. The molecule has 0 aromatic rings. The van der Waals surface area contributed by atoms with Crippen molar-refractivity contribution in [3.8, 4) is 0 Å². The number of hydrogen-bond acceptors (Lipinski definition) is 2. The SMILES string of the molecule is CNC1CCN(CC(C)C2CC2)C1=O. The fourth-order valence-electron chi connectivity index (χ4n) is 2.35. The van der Waals surface area contributed by atoms with Gasteiger partial charge in [-0.15, -0.1) is 0 Å². The van der Waals surface area contributed by atoms with Crippen LogP contribution in [0, 0.1) is 11.8 Å². The molecule has 0 bridgehead atoms. The summed E-state index contributed by atoms with van der Waals surface area (Å²) in [6.07, 6.45) is 3.73. The van der Waals surface area contributed by atoms with Crippen LogP contribution in [-0.2, 0) is 4.79 Å². The van der Waals surface area contributed by atoms with Crippen molar-refractivity contribution in [2.75, 3.05) is 20.1 Å². The van der Waals surface area contributed by atoms with E-state index in [-0.39, 0.29) is 6.04 Å². The van der Waals surface area contributed by atoms with Crippen LogP contribution < -0.4 is 5.32 Å². The molecule has 0 radical (unpaired) electrons. The molecule has 3 nitrogen and oxygen atoms in total. The molecule has 1 amide bonds. The van der Waals surface area contributed by atoms with E-state index < -0.39 is 0 Å². The zero-order valence-corrected chi connectivity index (χ0v) is 9.12.